The number of aromatic nitrogens is 1. The topological polar surface area (TPSA) is 102 Å². The molecule has 2 amide bonds. The molecule has 0 unspecified atom stereocenters. The average molecular weight is 373 g/mol. The molecule has 8 nitrogen and oxygen atoms in total. The molecule has 0 radical (unpaired) electrons. The molecule has 8 heteroatoms. The van der Waals surface area contributed by atoms with Crippen LogP contribution >= 0.6 is 0 Å². The smallest absolute Gasteiger partial charge is 0.344 e. The summed E-state index contributed by atoms with van der Waals surface area (Å²) >= 11 is 0. The monoisotopic (exact) mass is 373 g/mol. The summed E-state index contributed by atoms with van der Waals surface area (Å²) in [5.41, 5.74) is 2.32. The number of rotatable bonds is 6. The van der Waals surface area contributed by atoms with Gasteiger partial charge in [-0.15, -0.1) is 0 Å². The number of anilines is 1. The molecule has 0 spiro atoms. The van der Waals surface area contributed by atoms with Gasteiger partial charge < -0.3 is 19.5 Å². The van der Waals surface area contributed by atoms with Gasteiger partial charge in [0.15, 0.2) is 6.10 Å². The van der Waals surface area contributed by atoms with Crippen molar-refractivity contribution in [1.29, 1.82) is 0 Å². The van der Waals surface area contributed by atoms with Crippen LogP contribution in [0.4, 0.5) is 5.69 Å². The van der Waals surface area contributed by atoms with E-state index in [0.29, 0.717) is 17.1 Å². The van der Waals surface area contributed by atoms with Crippen LogP contribution in [0.3, 0.4) is 0 Å². The van der Waals surface area contributed by atoms with Crippen molar-refractivity contribution in [3.8, 4) is 0 Å². The van der Waals surface area contributed by atoms with E-state index in [1.165, 1.54) is 18.9 Å². The summed E-state index contributed by atoms with van der Waals surface area (Å²) in [6.07, 6.45) is -1.05. The van der Waals surface area contributed by atoms with Crippen LogP contribution in [0, 0.1) is 20.8 Å². The highest BCUT2D eigenvalue weighted by Gasteiger charge is 2.26. The lowest BCUT2D eigenvalue weighted by molar-refractivity contribution is -0.140. The third-order valence-electron chi connectivity index (χ3n) is 3.96. The predicted octanol–water partition coefficient (Wildman–Crippen LogP) is 2.24. The summed E-state index contributed by atoms with van der Waals surface area (Å²) in [6, 6.07) is 7.31. The second kappa shape index (κ2) is 8.48. The number of likely N-dealkylation sites (N-methyl/N-ethyl adjacent to an activating group) is 1. The van der Waals surface area contributed by atoms with Crippen molar-refractivity contribution >= 4 is 23.5 Å². The van der Waals surface area contributed by atoms with Crippen LogP contribution in [0.1, 0.15) is 34.3 Å². The molecule has 0 aliphatic rings. The summed E-state index contributed by atoms with van der Waals surface area (Å²) in [4.78, 5) is 37.9. The minimum atomic E-state index is -1.05. The van der Waals surface area contributed by atoms with E-state index in [1.807, 2.05) is 19.1 Å². The normalized spacial score (nSPS) is 11.6. The van der Waals surface area contributed by atoms with Crippen molar-refractivity contribution < 1.29 is 23.6 Å². The Labute approximate surface area is 157 Å². The van der Waals surface area contributed by atoms with Crippen LogP contribution in [-0.2, 0) is 14.3 Å². The molecule has 0 saturated carbocycles. The van der Waals surface area contributed by atoms with Gasteiger partial charge in [0.05, 0.1) is 12.2 Å². The quantitative estimate of drug-likeness (QED) is 0.779. The fraction of sp³-hybridized carbons (Fsp3) is 0.368. The van der Waals surface area contributed by atoms with Crippen LogP contribution in [0.15, 0.2) is 28.8 Å². The van der Waals surface area contributed by atoms with E-state index < -0.39 is 18.0 Å². The zero-order chi connectivity index (χ0) is 20.1. The molecule has 1 aromatic heterocycles. The third-order valence-corrected chi connectivity index (χ3v) is 3.96. The summed E-state index contributed by atoms with van der Waals surface area (Å²) in [7, 11) is 1.47. The Kier molecular flexibility index (Phi) is 6.33. The number of nitrogens with zero attached hydrogens (tertiary/aromatic N) is 2. The number of hydrogen-bond acceptors (Lipinski definition) is 6. The predicted molar refractivity (Wildman–Crippen MR) is 98.3 cm³/mol. The lowest BCUT2D eigenvalue weighted by Gasteiger charge is -2.21. The standard InChI is InChI=1S/C19H23N3O5/c1-11-6-8-15(9-7-11)20-16(23)10-22(5)18(24)14(4)26-19(25)17-12(2)21-27-13(17)3/h6-9,14H,10H2,1-5H3,(H,20,23)/t14-/m1/s1. The van der Waals surface area contributed by atoms with E-state index in [-0.39, 0.29) is 18.0 Å². The molecule has 0 aliphatic heterocycles. The maximum Gasteiger partial charge on any atom is 0.344 e. The van der Waals surface area contributed by atoms with Crippen molar-refractivity contribution in [3.05, 3.63) is 46.8 Å². The van der Waals surface area contributed by atoms with Crippen molar-refractivity contribution in [2.45, 2.75) is 33.8 Å². The molecule has 2 aromatic rings. The highest BCUT2D eigenvalue weighted by molar-refractivity contribution is 5.96. The van der Waals surface area contributed by atoms with E-state index in [9.17, 15) is 14.4 Å². The van der Waals surface area contributed by atoms with Gasteiger partial charge in [0.1, 0.15) is 11.3 Å². The second-order valence-electron chi connectivity index (χ2n) is 6.36. The number of carbonyl (C=O) groups is 3. The summed E-state index contributed by atoms with van der Waals surface area (Å²) in [5, 5.41) is 6.40. The number of aryl methyl sites for hydroxylation is 3. The highest BCUT2D eigenvalue weighted by Crippen LogP contribution is 2.15. The zero-order valence-electron chi connectivity index (χ0n) is 16.0. The Morgan fingerprint density at radius 3 is 2.37 bits per heavy atom. The number of amides is 2. The molecule has 144 valence electrons. The largest absolute Gasteiger partial charge is 0.449 e. The molecule has 0 fully saturated rings. The molecule has 2 rings (SSSR count). The Bertz CT molecular complexity index is 822. The second-order valence-corrected chi connectivity index (χ2v) is 6.36. The first-order valence-corrected chi connectivity index (χ1v) is 8.44. The molecule has 1 aromatic carbocycles. The number of nitrogens with one attached hydrogen (secondary N) is 1. The van der Waals surface area contributed by atoms with Crippen molar-refractivity contribution in [1.82, 2.24) is 10.1 Å². The van der Waals surface area contributed by atoms with Gasteiger partial charge in [0.25, 0.3) is 5.91 Å². The molecular formula is C19H23N3O5. The average Bonchev–Trinajstić information content (AvgIpc) is 2.94. The van der Waals surface area contributed by atoms with E-state index >= 15 is 0 Å². The van der Waals surface area contributed by atoms with Gasteiger partial charge in [0.2, 0.25) is 5.91 Å². The summed E-state index contributed by atoms with van der Waals surface area (Å²) in [5.74, 6) is -1.21. The first-order chi connectivity index (χ1) is 12.7. The van der Waals surface area contributed by atoms with Crippen LogP contribution in [0.25, 0.3) is 0 Å². The van der Waals surface area contributed by atoms with Gasteiger partial charge in [-0.2, -0.15) is 0 Å². The van der Waals surface area contributed by atoms with Crippen molar-refractivity contribution in [3.63, 3.8) is 0 Å². The fourth-order valence-electron chi connectivity index (χ4n) is 2.49. The minimum Gasteiger partial charge on any atom is -0.449 e. The van der Waals surface area contributed by atoms with Crippen LogP contribution in [-0.4, -0.2) is 47.5 Å². The number of esters is 1. The molecule has 1 heterocycles. The van der Waals surface area contributed by atoms with E-state index in [0.717, 1.165) is 5.56 Å². The van der Waals surface area contributed by atoms with Gasteiger partial charge in [-0.25, -0.2) is 4.79 Å². The Hall–Kier alpha value is -3.16. The number of hydrogen-bond donors (Lipinski definition) is 1. The first kappa shape index (κ1) is 20.2. The Morgan fingerprint density at radius 1 is 1.19 bits per heavy atom. The first-order valence-electron chi connectivity index (χ1n) is 8.44. The van der Waals surface area contributed by atoms with E-state index in [4.69, 9.17) is 9.26 Å². The zero-order valence-corrected chi connectivity index (χ0v) is 16.0. The third kappa shape index (κ3) is 5.16. The maximum absolute atomic E-state index is 12.4. The van der Waals surface area contributed by atoms with Gasteiger partial charge >= 0.3 is 5.97 Å². The number of ether oxygens (including phenoxy) is 1. The van der Waals surface area contributed by atoms with Crippen LogP contribution < -0.4 is 5.32 Å². The lowest BCUT2D eigenvalue weighted by Crippen LogP contribution is -2.41. The number of carbonyl (C=O) groups excluding carboxylic acids is 3. The summed E-state index contributed by atoms with van der Waals surface area (Å²) in [6.45, 7) is 6.43. The molecule has 0 bridgehead atoms. The van der Waals surface area contributed by atoms with Gasteiger partial charge in [0, 0.05) is 12.7 Å². The minimum absolute atomic E-state index is 0.167. The molecule has 1 atom stereocenters. The molecule has 0 aliphatic carbocycles. The maximum atomic E-state index is 12.4. The highest BCUT2D eigenvalue weighted by atomic mass is 16.5. The van der Waals surface area contributed by atoms with Gasteiger partial charge in [-0.05, 0) is 39.8 Å². The molecule has 27 heavy (non-hydrogen) atoms. The molecular weight excluding hydrogens is 350 g/mol. The lowest BCUT2D eigenvalue weighted by atomic mass is 10.2. The van der Waals surface area contributed by atoms with Crippen molar-refractivity contribution in [2.75, 3.05) is 18.9 Å². The summed E-state index contributed by atoms with van der Waals surface area (Å²) < 4.78 is 10.1. The SMILES string of the molecule is Cc1ccc(NC(=O)CN(C)C(=O)[C@@H](C)OC(=O)c2c(C)noc2C)cc1. The Balaban J connectivity index is 1.90. The van der Waals surface area contributed by atoms with Gasteiger partial charge in [-0.3, -0.25) is 9.59 Å². The van der Waals surface area contributed by atoms with E-state index in [2.05, 4.69) is 10.5 Å². The van der Waals surface area contributed by atoms with E-state index in [1.54, 1.807) is 26.0 Å². The van der Waals surface area contributed by atoms with Gasteiger partial charge in [-0.1, -0.05) is 22.9 Å². The number of benzene rings is 1. The molecule has 0 saturated heterocycles. The van der Waals surface area contributed by atoms with Crippen LogP contribution in [0.2, 0.25) is 0 Å². The van der Waals surface area contributed by atoms with Crippen LogP contribution in [0.5, 0.6) is 0 Å². The fourth-order valence-corrected chi connectivity index (χ4v) is 2.49. The molecule has 1 N–H and O–H groups in total. The van der Waals surface area contributed by atoms with Crippen molar-refractivity contribution in [2.24, 2.45) is 0 Å². The Morgan fingerprint density at radius 2 is 1.81 bits per heavy atom.